The van der Waals surface area contributed by atoms with Gasteiger partial charge in [0.15, 0.2) is 0 Å². The number of thiazole rings is 1. The van der Waals surface area contributed by atoms with Gasteiger partial charge in [-0.3, -0.25) is 0 Å². The van der Waals surface area contributed by atoms with E-state index in [1.54, 1.807) is 18.4 Å². The van der Waals surface area contributed by atoms with Crippen LogP contribution in [-0.2, 0) is 16.6 Å². The predicted molar refractivity (Wildman–Crippen MR) is 78.7 cm³/mol. The van der Waals surface area contributed by atoms with Crippen molar-refractivity contribution in [1.29, 1.82) is 0 Å². The van der Waals surface area contributed by atoms with E-state index in [9.17, 15) is 8.42 Å². The van der Waals surface area contributed by atoms with E-state index in [0.717, 1.165) is 23.7 Å². The Kier molecular flexibility index (Phi) is 6.87. The molecule has 0 spiro atoms. The van der Waals surface area contributed by atoms with Gasteiger partial charge in [-0.05, 0) is 26.9 Å². The van der Waals surface area contributed by atoms with E-state index in [1.807, 2.05) is 19.4 Å². The van der Waals surface area contributed by atoms with Crippen LogP contribution in [0.25, 0.3) is 0 Å². The molecule has 19 heavy (non-hydrogen) atoms. The highest BCUT2D eigenvalue weighted by Crippen LogP contribution is 2.08. The second-order valence-corrected chi connectivity index (χ2v) is 7.21. The summed E-state index contributed by atoms with van der Waals surface area (Å²) in [5, 5.41) is 5.95. The van der Waals surface area contributed by atoms with Crippen LogP contribution in [0.5, 0.6) is 0 Å². The Bertz CT molecular complexity index is 473. The van der Waals surface area contributed by atoms with Crippen molar-refractivity contribution in [2.75, 3.05) is 33.7 Å². The summed E-state index contributed by atoms with van der Waals surface area (Å²) in [6.45, 7) is 3.62. The molecule has 0 aromatic carbocycles. The lowest BCUT2D eigenvalue weighted by molar-refractivity contribution is 0.448. The largest absolute Gasteiger partial charge is 0.320 e. The summed E-state index contributed by atoms with van der Waals surface area (Å²) in [6, 6.07) is 0. The molecular weight excluding hydrogens is 284 g/mol. The molecule has 0 unspecified atom stereocenters. The van der Waals surface area contributed by atoms with E-state index in [4.69, 9.17) is 0 Å². The van der Waals surface area contributed by atoms with Gasteiger partial charge in [-0.15, -0.1) is 11.3 Å². The summed E-state index contributed by atoms with van der Waals surface area (Å²) in [5.74, 6) is 0. The van der Waals surface area contributed by atoms with E-state index in [-0.39, 0.29) is 0 Å². The van der Waals surface area contributed by atoms with E-state index in [1.165, 1.54) is 4.31 Å². The van der Waals surface area contributed by atoms with Crippen LogP contribution in [0.4, 0.5) is 0 Å². The standard InChI is InChI=1S/C11H22N4O2S2/c1-10-14-11(9-18-10)5-7-13-19(16,17)15(3)8-4-6-12-2/h9,12-13H,4-8H2,1-3H3. The van der Waals surface area contributed by atoms with Crippen LogP contribution in [0.15, 0.2) is 5.38 Å². The van der Waals surface area contributed by atoms with Crippen LogP contribution in [0.1, 0.15) is 17.1 Å². The first-order chi connectivity index (χ1) is 8.95. The Morgan fingerprint density at radius 3 is 2.74 bits per heavy atom. The molecule has 6 nitrogen and oxygen atoms in total. The van der Waals surface area contributed by atoms with Gasteiger partial charge in [0.1, 0.15) is 0 Å². The van der Waals surface area contributed by atoms with Gasteiger partial charge in [0.25, 0.3) is 10.2 Å². The van der Waals surface area contributed by atoms with Crippen LogP contribution in [0.2, 0.25) is 0 Å². The molecule has 1 aromatic rings. The van der Waals surface area contributed by atoms with Gasteiger partial charge in [0.2, 0.25) is 0 Å². The Balaban J connectivity index is 2.33. The fraction of sp³-hybridized carbons (Fsp3) is 0.727. The number of aromatic nitrogens is 1. The molecule has 0 radical (unpaired) electrons. The maximum atomic E-state index is 11.9. The van der Waals surface area contributed by atoms with Crippen molar-refractivity contribution in [3.05, 3.63) is 16.1 Å². The molecule has 1 heterocycles. The number of aryl methyl sites for hydroxylation is 1. The molecule has 1 aromatic heterocycles. The number of rotatable bonds is 9. The summed E-state index contributed by atoms with van der Waals surface area (Å²) < 4.78 is 27.7. The highest BCUT2D eigenvalue weighted by atomic mass is 32.2. The van der Waals surface area contributed by atoms with Gasteiger partial charge >= 0.3 is 0 Å². The summed E-state index contributed by atoms with van der Waals surface area (Å²) in [5.41, 5.74) is 0.933. The minimum atomic E-state index is -3.37. The molecule has 0 atom stereocenters. The van der Waals surface area contributed by atoms with E-state index < -0.39 is 10.2 Å². The van der Waals surface area contributed by atoms with Gasteiger partial charge in [-0.2, -0.15) is 12.7 Å². The highest BCUT2D eigenvalue weighted by molar-refractivity contribution is 7.87. The first kappa shape index (κ1) is 16.5. The number of hydrogen-bond acceptors (Lipinski definition) is 5. The molecule has 1 rings (SSSR count). The summed E-state index contributed by atoms with van der Waals surface area (Å²) >= 11 is 1.58. The highest BCUT2D eigenvalue weighted by Gasteiger charge is 2.16. The zero-order valence-electron chi connectivity index (χ0n) is 11.6. The lowest BCUT2D eigenvalue weighted by atomic mass is 10.3. The molecule has 0 bridgehead atoms. The number of nitrogens with zero attached hydrogens (tertiary/aromatic N) is 2. The molecule has 0 aliphatic rings. The van der Waals surface area contributed by atoms with Crippen molar-refractivity contribution in [3.8, 4) is 0 Å². The third-order valence-corrected chi connectivity index (χ3v) is 5.04. The van der Waals surface area contributed by atoms with Gasteiger partial charge in [-0.25, -0.2) is 9.71 Å². The predicted octanol–water partition coefficient (Wildman–Crippen LogP) is 0.370. The Hall–Kier alpha value is -0.540. The Morgan fingerprint density at radius 2 is 2.16 bits per heavy atom. The summed E-state index contributed by atoms with van der Waals surface area (Å²) in [6.07, 6.45) is 1.41. The summed E-state index contributed by atoms with van der Waals surface area (Å²) in [7, 11) is 0.0652. The molecule has 2 N–H and O–H groups in total. The van der Waals surface area contributed by atoms with Crippen molar-refractivity contribution in [2.24, 2.45) is 0 Å². The maximum absolute atomic E-state index is 11.9. The average molecular weight is 306 g/mol. The maximum Gasteiger partial charge on any atom is 0.279 e. The first-order valence-corrected chi connectivity index (χ1v) is 8.54. The molecule has 8 heteroatoms. The number of nitrogens with one attached hydrogen (secondary N) is 2. The second kappa shape index (κ2) is 7.91. The van der Waals surface area contributed by atoms with E-state index in [0.29, 0.717) is 19.5 Å². The van der Waals surface area contributed by atoms with Crippen LogP contribution in [0, 0.1) is 6.92 Å². The lowest BCUT2D eigenvalue weighted by Crippen LogP contribution is -2.40. The molecule has 0 aliphatic heterocycles. The second-order valence-electron chi connectivity index (χ2n) is 4.29. The lowest BCUT2D eigenvalue weighted by Gasteiger charge is -2.17. The minimum Gasteiger partial charge on any atom is -0.320 e. The molecule has 0 aliphatic carbocycles. The fourth-order valence-corrected chi connectivity index (χ4v) is 3.14. The zero-order valence-corrected chi connectivity index (χ0v) is 13.3. The van der Waals surface area contributed by atoms with Crippen molar-refractivity contribution in [3.63, 3.8) is 0 Å². The first-order valence-electron chi connectivity index (χ1n) is 6.22. The monoisotopic (exact) mass is 306 g/mol. The van der Waals surface area contributed by atoms with Crippen molar-refractivity contribution in [1.82, 2.24) is 19.3 Å². The van der Waals surface area contributed by atoms with Gasteiger partial charge in [-0.1, -0.05) is 0 Å². The molecule has 0 saturated carbocycles. The molecule has 0 saturated heterocycles. The average Bonchev–Trinajstić information content (AvgIpc) is 2.75. The fourth-order valence-electron chi connectivity index (χ4n) is 1.54. The van der Waals surface area contributed by atoms with Gasteiger partial charge in [0, 0.05) is 31.9 Å². The Morgan fingerprint density at radius 1 is 1.42 bits per heavy atom. The van der Waals surface area contributed by atoms with Crippen LogP contribution in [-0.4, -0.2) is 51.4 Å². The quantitative estimate of drug-likeness (QED) is 0.647. The molecule has 0 fully saturated rings. The third kappa shape index (κ3) is 5.96. The Labute approximate surface area is 119 Å². The van der Waals surface area contributed by atoms with Crippen molar-refractivity contribution >= 4 is 21.5 Å². The zero-order chi connectivity index (χ0) is 14.3. The number of hydrogen-bond donors (Lipinski definition) is 2. The molecular formula is C11H22N4O2S2. The molecule has 0 amide bonds. The summed E-state index contributed by atoms with van der Waals surface area (Å²) in [4.78, 5) is 4.30. The van der Waals surface area contributed by atoms with E-state index in [2.05, 4.69) is 15.0 Å². The third-order valence-electron chi connectivity index (χ3n) is 2.64. The normalized spacial score (nSPS) is 12.2. The van der Waals surface area contributed by atoms with Crippen LogP contribution >= 0.6 is 11.3 Å². The van der Waals surface area contributed by atoms with Crippen LogP contribution in [0.3, 0.4) is 0 Å². The SMILES string of the molecule is CNCCCN(C)S(=O)(=O)NCCc1csc(C)n1. The minimum absolute atomic E-state index is 0.377. The van der Waals surface area contributed by atoms with Crippen molar-refractivity contribution in [2.45, 2.75) is 19.8 Å². The van der Waals surface area contributed by atoms with Gasteiger partial charge < -0.3 is 5.32 Å². The topological polar surface area (TPSA) is 74.3 Å². The van der Waals surface area contributed by atoms with Crippen molar-refractivity contribution < 1.29 is 8.42 Å². The van der Waals surface area contributed by atoms with Crippen LogP contribution < -0.4 is 10.0 Å². The smallest absolute Gasteiger partial charge is 0.279 e. The van der Waals surface area contributed by atoms with E-state index >= 15 is 0 Å². The molecule has 110 valence electrons. The van der Waals surface area contributed by atoms with Gasteiger partial charge in [0.05, 0.1) is 10.7 Å².